The van der Waals surface area contributed by atoms with Crippen LogP contribution in [0.25, 0.3) is 6.08 Å². The number of hydrogen-bond donors (Lipinski definition) is 0. The molecule has 0 saturated carbocycles. The Kier molecular flexibility index (Phi) is 5.41. The molecular formula is C15H20O. The maximum absolute atomic E-state index is 5.20. The summed E-state index contributed by atoms with van der Waals surface area (Å²) in [6.45, 7) is 6.43. The molecule has 0 fully saturated rings. The Morgan fingerprint density at radius 2 is 2.12 bits per heavy atom. The molecule has 1 nitrogen and oxygen atoms in total. The van der Waals surface area contributed by atoms with Gasteiger partial charge in [-0.2, -0.15) is 0 Å². The van der Waals surface area contributed by atoms with Crippen LogP contribution in [0.2, 0.25) is 0 Å². The van der Waals surface area contributed by atoms with Gasteiger partial charge in [-0.15, -0.1) is 0 Å². The van der Waals surface area contributed by atoms with Gasteiger partial charge in [-0.3, -0.25) is 0 Å². The number of rotatable bonds is 5. The third-order valence-electron chi connectivity index (χ3n) is 2.28. The molecule has 1 heteroatoms. The van der Waals surface area contributed by atoms with Crippen LogP contribution in [0.1, 0.15) is 39.4 Å². The third kappa shape index (κ3) is 5.40. The molecule has 0 unspecified atom stereocenters. The molecule has 16 heavy (non-hydrogen) atoms. The maximum Gasteiger partial charge on any atom is 0.126 e. The van der Waals surface area contributed by atoms with Gasteiger partial charge in [0.05, 0.1) is 6.26 Å². The normalized spacial score (nSPS) is 12.1. The first-order valence-corrected chi connectivity index (χ1v) is 5.69. The van der Waals surface area contributed by atoms with E-state index >= 15 is 0 Å². The van der Waals surface area contributed by atoms with Gasteiger partial charge in [-0.05, 0) is 51.8 Å². The molecule has 0 radical (unpaired) electrons. The highest BCUT2D eigenvalue weighted by atomic mass is 16.3. The van der Waals surface area contributed by atoms with Crippen LogP contribution in [-0.2, 0) is 0 Å². The van der Waals surface area contributed by atoms with Crippen molar-refractivity contribution in [3.8, 4) is 0 Å². The van der Waals surface area contributed by atoms with Crippen molar-refractivity contribution >= 4 is 6.08 Å². The summed E-state index contributed by atoms with van der Waals surface area (Å²) in [5, 5.41) is 0. The van der Waals surface area contributed by atoms with Crippen molar-refractivity contribution < 1.29 is 4.42 Å². The standard InChI is InChI=1S/C15H20O/c1-13(2)7-4-8-14(3)9-5-10-15-11-6-12-16-15/h5-7,9-12H,4,8H2,1-3H3/b10-5+,14-9+. The van der Waals surface area contributed by atoms with E-state index in [-0.39, 0.29) is 0 Å². The zero-order chi connectivity index (χ0) is 11.8. The van der Waals surface area contributed by atoms with E-state index in [9.17, 15) is 0 Å². The quantitative estimate of drug-likeness (QED) is 0.499. The topological polar surface area (TPSA) is 13.1 Å². The zero-order valence-corrected chi connectivity index (χ0v) is 10.4. The van der Waals surface area contributed by atoms with E-state index in [4.69, 9.17) is 4.42 Å². The van der Waals surface area contributed by atoms with Crippen LogP contribution in [0.3, 0.4) is 0 Å². The van der Waals surface area contributed by atoms with Gasteiger partial charge in [0.15, 0.2) is 0 Å². The van der Waals surface area contributed by atoms with Crippen molar-refractivity contribution in [3.05, 3.63) is 53.5 Å². The fourth-order valence-electron chi connectivity index (χ4n) is 1.37. The van der Waals surface area contributed by atoms with Crippen molar-refractivity contribution in [2.45, 2.75) is 33.6 Å². The van der Waals surface area contributed by atoms with Crippen LogP contribution >= 0.6 is 0 Å². The third-order valence-corrected chi connectivity index (χ3v) is 2.28. The van der Waals surface area contributed by atoms with Crippen LogP contribution < -0.4 is 0 Å². The Labute approximate surface area is 98.2 Å². The molecular weight excluding hydrogens is 196 g/mol. The minimum atomic E-state index is 0.897. The minimum absolute atomic E-state index is 0.897. The Balaban J connectivity index is 2.36. The van der Waals surface area contributed by atoms with Crippen LogP contribution in [0.15, 0.2) is 52.2 Å². The van der Waals surface area contributed by atoms with E-state index in [1.54, 1.807) is 6.26 Å². The largest absolute Gasteiger partial charge is 0.465 e. The first-order chi connectivity index (χ1) is 7.68. The lowest BCUT2D eigenvalue weighted by Crippen LogP contribution is -1.75. The second-order valence-electron chi connectivity index (χ2n) is 4.21. The number of allylic oxidation sites excluding steroid dienone is 5. The highest BCUT2D eigenvalue weighted by Gasteiger charge is 1.88. The van der Waals surface area contributed by atoms with E-state index in [0.717, 1.165) is 18.6 Å². The molecule has 0 spiro atoms. The molecule has 1 aromatic heterocycles. The first-order valence-electron chi connectivity index (χ1n) is 5.69. The lowest BCUT2D eigenvalue weighted by molar-refractivity contribution is 0.557. The lowest BCUT2D eigenvalue weighted by Gasteiger charge is -1.96. The monoisotopic (exact) mass is 216 g/mol. The summed E-state index contributed by atoms with van der Waals surface area (Å²) in [5.74, 6) is 0.897. The molecule has 0 amide bonds. The molecule has 0 aliphatic heterocycles. The zero-order valence-electron chi connectivity index (χ0n) is 10.4. The van der Waals surface area contributed by atoms with E-state index in [2.05, 4.69) is 32.9 Å². The molecule has 1 rings (SSSR count). The highest BCUT2D eigenvalue weighted by Crippen LogP contribution is 2.08. The van der Waals surface area contributed by atoms with Gasteiger partial charge in [-0.25, -0.2) is 0 Å². The fourth-order valence-corrected chi connectivity index (χ4v) is 1.37. The minimum Gasteiger partial charge on any atom is -0.465 e. The van der Waals surface area contributed by atoms with Crippen LogP contribution in [-0.4, -0.2) is 0 Å². The van der Waals surface area contributed by atoms with Crippen LogP contribution in [0.4, 0.5) is 0 Å². The fraction of sp³-hybridized carbons (Fsp3) is 0.333. The average molecular weight is 216 g/mol. The average Bonchev–Trinajstić information content (AvgIpc) is 2.70. The van der Waals surface area contributed by atoms with Gasteiger partial charge in [0.1, 0.15) is 5.76 Å². The van der Waals surface area contributed by atoms with Gasteiger partial charge in [0, 0.05) is 0 Å². The van der Waals surface area contributed by atoms with Gasteiger partial charge < -0.3 is 4.42 Å². The molecule has 0 N–H and O–H groups in total. The highest BCUT2D eigenvalue weighted by molar-refractivity contribution is 5.45. The van der Waals surface area contributed by atoms with Crippen LogP contribution in [0, 0.1) is 0 Å². The SMILES string of the molecule is CC(C)=CCC/C(C)=C/C=C/c1ccco1. The number of furan rings is 1. The van der Waals surface area contributed by atoms with E-state index in [1.165, 1.54) is 11.1 Å². The number of hydrogen-bond acceptors (Lipinski definition) is 1. The molecule has 0 atom stereocenters. The lowest BCUT2D eigenvalue weighted by atomic mass is 10.1. The summed E-state index contributed by atoms with van der Waals surface area (Å²) in [5.41, 5.74) is 2.78. The van der Waals surface area contributed by atoms with E-state index in [0.29, 0.717) is 0 Å². The molecule has 0 aliphatic rings. The summed E-state index contributed by atoms with van der Waals surface area (Å²) in [7, 11) is 0. The Morgan fingerprint density at radius 3 is 2.75 bits per heavy atom. The molecule has 0 aliphatic carbocycles. The van der Waals surface area contributed by atoms with Gasteiger partial charge in [-0.1, -0.05) is 29.4 Å². The Bertz CT molecular complexity index is 374. The first kappa shape index (κ1) is 12.6. The van der Waals surface area contributed by atoms with E-state index < -0.39 is 0 Å². The summed E-state index contributed by atoms with van der Waals surface area (Å²) in [4.78, 5) is 0. The van der Waals surface area contributed by atoms with Crippen molar-refractivity contribution in [2.75, 3.05) is 0 Å². The van der Waals surface area contributed by atoms with Crippen molar-refractivity contribution in [2.24, 2.45) is 0 Å². The summed E-state index contributed by atoms with van der Waals surface area (Å²) >= 11 is 0. The Hall–Kier alpha value is -1.50. The maximum atomic E-state index is 5.20. The predicted octanol–water partition coefficient (Wildman–Crippen LogP) is 4.99. The van der Waals surface area contributed by atoms with Crippen LogP contribution in [0.5, 0.6) is 0 Å². The second-order valence-corrected chi connectivity index (χ2v) is 4.21. The molecule has 0 bridgehead atoms. The summed E-state index contributed by atoms with van der Waals surface area (Å²) in [6.07, 6.45) is 12.4. The van der Waals surface area contributed by atoms with Gasteiger partial charge >= 0.3 is 0 Å². The molecule has 86 valence electrons. The van der Waals surface area contributed by atoms with Gasteiger partial charge in [0.2, 0.25) is 0 Å². The summed E-state index contributed by atoms with van der Waals surface area (Å²) < 4.78 is 5.20. The van der Waals surface area contributed by atoms with Crippen molar-refractivity contribution in [1.29, 1.82) is 0 Å². The molecule has 1 heterocycles. The predicted molar refractivity (Wildman–Crippen MR) is 70.2 cm³/mol. The molecule has 0 saturated heterocycles. The summed E-state index contributed by atoms with van der Waals surface area (Å²) in [6, 6.07) is 3.84. The van der Waals surface area contributed by atoms with E-state index in [1.807, 2.05) is 24.3 Å². The Morgan fingerprint density at radius 1 is 1.31 bits per heavy atom. The molecule has 1 aromatic rings. The smallest absolute Gasteiger partial charge is 0.126 e. The van der Waals surface area contributed by atoms with Gasteiger partial charge in [0.25, 0.3) is 0 Å². The van der Waals surface area contributed by atoms with Crippen molar-refractivity contribution in [1.82, 2.24) is 0 Å². The van der Waals surface area contributed by atoms with Crippen molar-refractivity contribution in [3.63, 3.8) is 0 Å². The molecule has 0 aromatic carbocycles. The second kappa shape index (κ2) is 6.89.